The standard InChI is InChI=1S/C39H57N7O6/c1-8-13-27(32(47)34(49)40-16-9-2)42-33(48)31-29-26(39(29,6)7)21-46(31)35(50)30(25-19-23-14-10-11-15-24(23)20-25)44-36(51)43-28(38(3,4)5)22-45-18-12-17-41-37(45)52/h9-11,14-15,25-31H,2,8,12-13,16-22H2,1,3-7H3,(H,40,49)(H,41,52)(H,42,48)(H2,43,44,51)/t26-,27?,28+,29-,30-,31-/m0/s1. The molecule has 0 bridgehead atoms. The number of nitrogens with one attached hydrogen (secondary N) is 5. The van der Waals surface area contributed by atoms with Crippen molar-refractivity contribution >= 4 is 35.6 Å². The monoisotopic (exact) mass is 719 g/mol. The van der Waals surface area contributed by atoms with Gasteiger partial charge < -0.3 is 36.4 Å². The second kappa shape index (κ2) is 15.7. The van der Waals surface area contributed by atoms with Gasteiger partial charge in [-0.15, -0.1) is 6.58 Å². The Morgan fingerprint density at radius 1 is 1.06 bits per heavy atom. The van der Waals surface area contributed by atoms with Gasteiger partial charge in [0.15, 0.2) is 0 Å². The maximum absolute atomic E-state index is 14.8. The Balaban J connectivity index is 1.38. The van der Waals surface area contributed by atoms with Gasteiger partial charge in [-0.05, 0) is 65.4 Å². The number of carbonyl (C=O) groups excluding carboxylic acids is 6. The molecule has 5 rings (SSSR count). The van der Waals surface area contributed by atoms with Crippen LogP contribution in [0.25, 0.3) is 0 Å². The number of likely N-dealkylation sites (tertiary alicyclic amines) is 1. The normalized spacial score (nSPS) is 23.7. The highest BCUT2D eigenvalue weighted by atomic mass is 16.2. The van der Waals surface area contributed by atoms with Crippen molar-refractivity contribution in [1.29, 1.82) is 0 Å². The van der Waals surface area contributed by atoms with Gasteiger partial charge in [-0.2, -0.15) is 0 Å². The van der Waals surface area contributed by atoms with Gasteiger partial charge in [-0.25, -0.2) is 9.59 Å². The van der Waals surface area contributed by atoms with E-state index >= 15 is 0 Å². The van der Waals surface area contributed by atoms with Crippen LogP contribution in [0.15, 0.2) is 36.9 Å². The highest BCUT2D eigenvalue weighted by Gasteiger charge is 2.69. The second-order valence-corrected chi connectivity index (χ2v) is 16.6. The molecule has 0 radical (unpaired) electrons. The molecule has 284 valence electrons. The van der Waals surface area contributed by atoms with Crippen molar-refractivity contribution in [3.8, 4) is 0 Å². The number of Topliss-reactive ketones (excluding diaryl/α,β-unsaturated/α-hetero) is 1. The number of urea groups is 2. The molecule has 2 aliphatic carbocycles. The first-order chi connectivity index (χ1) is 24.6. The minimum atomic E-state index is -1.04. The predicted molar refractivity (Wildman–Crippen MR) is 197 cm³/mol. The topological polar surface area (TPSA) is 169 Å². The summed E-state index contributed by atoms with van der Waals surface area (Å²) in [5, 5.41) is 14.3. The van der Waals surface area contributed by atoms with Crippen LogP contribution in [0.1, 0.15) is 71.9 Å². The van der Waals surface area contributed by atoms with Crippen LogP contribution in [-0.2, 0) is 32.0 Å². The molecule has 6 atom stereocenters. The summed E-state index contributed by atoms with van der Waals surface area (Å²) in [6, 6.07) is 4.05. The molecule has 2 aliphatic heterocycles. The van der Waals surface area contributed by atoms with Gasteiger partial charge in [0.2, 0.25) is 17.6 Å². The average molecular weight is 720 g/mol. The van der Waals surface area contributed by atoms with Crippen molar-refractivity contribution in [2.45, 2.75) is 97.8 Å². The Morgan fingerprint density at radius 3 is 2.33 bits per heavy atom. The summed E-state index contributed by atoms with van der Waals surface area (Å²) in [7, 11) is 0. The van der Waals surface area contributed by atoms with Crippen molar-refractivity contribution in [1.82, 2.24) is 36.4 Å². The number of nitrogens with zero attached hydrogens (tertiary/aromatic N) is 2. The van der Waals surface area contributed by atoms with Crippen molar-refractivity contribution < 1.29 is 28.8 Å². The van der Waals surface area contributed by atoms with E-state index < -0.39 is 53.2 Å². The Kier molecular flexibility index (Phi) is 11.7. The molecule has 2 heterocycles. The number of hydrogen-bond acceptors (Lipinski definition) is 6. The maximum atomic E-state index is 14.8. The van der Waals surface area contributed by atoms with E-state index in [-0.39, 0.29) is 48.1 Å². The number of carbonyl (C=O) groups is 6. The van der Waals surface area contributed by atoms with Gasteiger partial charge in [-0.3, -0.25) is 19.2 Å². The number of hydrogen-bond donors (Lipinski definition) is 5. The third kappa shape index (κ3) is 8.28. The Morgan fingerprint density at radius 2 is 1.73 bits per heavy atom. The smallest absolute Gasteiger partial charge is 0.317 e. The van der Waals surface area contributed by atoms with E-state index in [1.807, 2.05) is 52.0 Å². The average Bonchev–Trinajstić information content (AvgIpc) is 3.45. The van der Waals surface area contributed by atoms with Crippen LogP contribution in [0.2, 0.25) is 0 Å². The van der Waals surface area contributed by atoms with Gasteiger partial charge in [0.05, 0.1) is 12.1 Å². The molecule has 1 aromatic carbocycles. The van der Waals surface area contributed by atoms with Crippen molar-refractivity contribution in [3.05, 3.63) is 48.0 Å². The molecule has 13 heteroatoms. The molecule has 52 heavy (non-hydrogen) atoms. The summed E-state index contributed by atoms with van der Waals surface area (Å²) in [4.78, 5) is 84.5. The van der Waals surface area contributed by atoms with Crippen LogP contribution >= 0.6 is 0 Å². The van der Waals surface area contributed by atoms with E-state index in [1.165, 1.54) is 6.08 Å². The molecule has 4 aliphatic rings. The van der Waals surface area contributed by atoms with Gasteiger partial charge in [-0.1, -0.05) is 78.3 Å². The lowest BCUT2D eigenvalue weighted by molar-refractivity contribution is -0.144. The van der Waals surface area contributed by atoms with E-state index in [9.17, 15) is 28.8 Å². The number of piperidine rings is 1. The highest BCUT2D eigenvalue weighted by Crippen LogP contribution is 2.65. The lowest BCUT2D eigenvalue weighted by Gasteiger charge is -2.38. The summed E-state index contributed by atoms with van der Waals surface area (Å²) in [6.07, 6.45) is 4.27. The summed E-state index contributed by atoms with van der Waals surface area (Å²) in [6.45, 7) is 17.6. The van der Waals surface area contributed by atoms with Crippen LogP contribution in [0.4, 0.5) is 9.59 Å². The fraction of sp³-hybridized carbons (Fsp3) is 0.641. The first-order valence-electron chi connectivity index (χ1n) is 18.8. The zero-order valence-corrected chi connectivity index (χ0v) is 31.6. The third-order valence-corrected chi connectivity index (χ3v) is 11.6. The minimum Gasteiger partial charge on any atom is -0.346 e. The largest absolute Gasteiger partial charge is 0.346 e. The quantitative estimate of drug-likeness (QED) is 0.146. The summed E-state index contributed by atoms with van der Waals surface area (Å²) in [5.74, 6) is -2.68. The SMILES string of the molecule is C=CCNC(=O)C(=O)C(CCC)NC(=O)[C@@H]1[C@@H]2[C@H](CN1C(=O)[C@@H](NC(=O)N[C@H](CN1CCCNC1=O)C(C)(C)C)C1Cc3ccccc3C1)C2(C)C. The summed E-state index contributed by atoms with van der Waals surface area (Å²) in [5.41, 5.74) is 1.63. The number of rotatable bonds is 14. The predicted octanol–water partition coefficient (Wildman–Crippen LogP) is 2.54. The summed E-state index contributed by atoms with van der Waals surface area (Å²) >= 11 is 0. The van der Waals surface area contributed by atoms with E-state index in [2.05, 4.69) is 47.0 Å². The molecule has 0 aromatic heterocycles. The Labute approximate surface area is 307 Å². The number of fused-ring (bicyclic) bond motifs is 2. The summed E-state index contributed by atoms with van der Waals surface area (Å²) < 4.78 is 0. The molecule has 3 fully saturated rings. The molecule has 7 amide bonds. The number of amides is 7. The first kappa shape index (κ1) is 38.8. The second-order valence-electron chi connectivity index (χ2n) is 16.6. The Bertz CT molecular complexity index is 1540. The van der Waals surface area contributed by atoms with Gasteiger partial charge in [0.25, 0.3) is 5.91 Å². The van der Waals surface area contributed by atoms with E-state index in [0.717, 1.165) is 17.5 Å². The van der Waals surface area contributed by atoms with Crippen LogP contribution in [-0.4, -0.2) is 102 Å². The molecular formula is C39H57N7O6. The zero-order chi connectivity index (χ0) is 38.0. The van der Waals surface area contributed by atoms with Crippen molar-refractivity contribution in [2.75, 3.05) is 32.7 Å². The van der Waals surface area contributed by atoms with E-state index in [4.69, 9.17) is 0 Å². The zero-order valence-electron chi connectivity index (χ0n) is 31.6. The molecule has 5 N–H and O–H groups in total. The Hall–Kier alpha value is -4.42. The molecule has 1 unspecified atom stereocenters. The molecule has 1 aromatic rings. The van der Waals surface area contributed by atoms with Crippen LogP contribution < -0.4 is 26.6 Å². The molecule has 1 saturated carbocycles. The van der Waals surface area contributed by atoms with Crippen molar-refractivity contribution in [3.63, 3.8) is 0 Å². The minimum absolute atomic E-state index is 0.0691. The fourth-order valence-electron chi connectivity index (χ4n) is 8.38. The molecule has 13 nitrogen and oxygen atoms in total. The van der Waals surface area contributed by atoms with Gasteiger partial charge in [0.1, 0.15) is 12.1 Å². The number of ketones is 1. The van der Waals surface area contributed by atoms with Crippen LogP contribution in [0.5, 0.6) is 0 Å². The van der Waals surface area contributed by atoms with Crippen molar-refractivity contribution in [2.24, 2.45) is 28.6 Å². The fourth-order valence-corrected chi connectivity index (χ4v) is 8.38. The molecule has 2 saturated heterocycles. The van der Waals surface area contributed by atoms with Crippen LogP contribution in [0, 0.1) is 28.6 Å². The lowest BCUT2D eigenvalue weighted by atomic mass is 9.86. The maximum Gasteiger partial charge on any atom is 0.317 e. The number of benzene rings is 1. The van der Waals surface area contributed by atoms with E-state index in [0.29, 0.717) is 45.4 Å². The van der Waals surface area contributed by atoms with Gasteiger partial charge in [0, 0.05) is 32.7 Å². The van der Waals surface area contributed by atoms with Crippen LogP contribution in [0.3, 0.4) is 0 Å². The first-order valence-corrected chi connectivity index (χ1v) is 18.8. The highest BCUT2D eigenvalue weighted by molar-refractivity contribution is 6.38. The molecular weight excluding hydrogens is 662 g/mol. The lowest BCUT2D eigenvalue weighted by Crippen LogP contribution is -2.62. The van der Waals surface area contributed by atoms with Gasteiger partial charge >= 0.3 is 12.1 Å². The van der Waals surface area contributed by atoms with E-state index in [1.54, 1.807) is 9.80 Å². The molecule has 0 spiro atoms. The third-order valence-electron chi connectivity index (χ3n) is 11.6.